The highest BCUT2D eigenvalue weighted by Gasteiger charge is 2.09. The van der Waals surface area contributed by atoms with Gasteiger partial charge in [-0.1, -0.05) is 13.0 Å². The fraction of sp³-hybridized carbons (Fsp3) is 0.200. The predicted molar refractivity (Wildman–Crippen MR) is 52.8 cm³/mol. The summed E-state index contributed by atoms with van der Waals surface area (Å²) in [6.07, 6.45) is 0.681. The summed E-state index contributed by atoms with van der Waals surface area (Å²) in [7, 11) is 0. The van der Waals surface area contributed by atoms with Crippen LogP contribution in [-0.2, 0) is 6.42 Å². The highest BCUT2D eigenvalue weighted by atomic mass is 32.1. The SMILES string of the molecule is CCc1ccc2c(O)csc2c1F. The first kappa shape index (κ1) is 8.51. The van der Waals surface area contributed by atoms with Crippen molar-refractivity contribution < 1.29 is 9.50 Å². The summed E-state index contributed by atoms with van der Waals surface area (Å²) >= 11 is 1.25. The molecule has 0 bridgehead atoms. The monoisotopic (exact) mass is 196 g/mol. The number of thiophene rings is 1. The number of aromatic hydroxyl groups is 1. The Bertz CT molecular complexity index is 447. The molecule has 0 aliphatic heterocycles. The van der Waals surface area contributed by atoms with E-state index < -0.39 is 0 Å². The average molecular weight is 196 g/mol. The lowest BCUT2D eigenvalue weighted by molar-refractivity contribution is 0.483. The molecule has 0 saturated carbocycles. The number of halogens is 1. The fourth-order valence-electron chi connectivity index (χ4n) is 1.37. The van der Waals surface area contributed by atoms with Crippen molar-refractivity contribution >= 4 is 21.4 Å². The van der Waals surface area contributed by atoms with E-state index in [0.29, 0.717) is 22.1 Å². The van der Waals surface area contributed by atoms with E-state index in [9.17, 15) is 9.50 Å². The minimum atomic E-state index is -0.190. The molecule has 0 radical (unpaired) electrons. The van der Waals surface area contributed by atoms with Gasteiger partial charge in [0.15, 0.2) is 0 Å². The molecule has 13 heavy (non-hydrogen) atoms. The average Bonchev–Trinajstić information content (AvgIpc) is 2.50. The van der Waals surface area contributed by atoms with E-state index in [-0.39, 0.29) is 11.6 Å². The first-order valence-electron chi connectivity index (χ1n) is 4.11. The van der Waals surface area contributed by atoms with E-state index in [2.05, 4.69) is 0 Å². The molecule has 0 saturated heterocycles. The van der Waals surface area contributed by atoms with Crippen LogP contribution in [0.1, 0.15) is 12.5 Å². The molecule has 68 valence electrons. The van der Waals surface area contributed by atoms with Gasteiger partial charge in [0.05, 0.1) is 4.70 Å². The molecule has 0 unspecified atom stereocenters. The van der Waals surface area contributed by atoms with E-state index >= 15 is 0 Å². The molecule has 2 aromatic rings. The van der Waals surface area contributed by atoms with E-state index in [1.807, 2.05) is 6.92 Å². The highest BCUT2D eigenvalue weighted by molar-refractivity contribution is 7.17. The molecule has 1 nitrogen and oxygen atoms in total. The number of rotatable bonds is 1. The number of hydrogen-bond acceptors (Lipinski definition) is 2. The molecule has 1 aromatic heterocycles. The van der Waals surface area contributed by atoms with Gasteiger partial charge in [0.2, 0.25) is 0 Å². The molecule has 1 heterocycles. The second-order valence-corrected chi connectivity index (χ2v) is 3.77. The zero-order valence-electron chi connectivity index (χ0n) is 7.17. The first-order chi connectivity index (χ1) is 6.24. The van der Waals surface area contributed by atoms with Crippen molar-refractivity contribution in [3.8, 4) is 5.75 Å². The van der Waals surface area contributed by atoms with E-state index in [4.69, 9.17) is 0 Å². The lowest BCUT2D eigenvalue weighted by atomic mass is 10.1. The maximum atomic E-state index is 13.6. The van der Waals surface area contributed by atoms with Crippen LogP contribution in [-0.4, -0.2) is 5.11 Å². The molecule has 0 fully saturated rings. The second-order valence-electron chi connectivity index (χ2n) is 2.89. The van der Waals surface area contributed by atoms with Crippen LogP contribution in [0, 0.1) is 5.82 Å². The molecular weight excluding hydrogens is 187 g/mol. The van der Waals surface area contributed by atoms with Crippen molar-refractivity contribution in [2.45, 2.75) is 13.3 Å². The number of fused-ring (bicyclic) bond motifs is 1. The van der Waals surface area contributed by atoms with Crippen molar-refractivity contribution in [2.24, 2.45) is 0 Å². The van der Waals surface area contributed by atoms with Gasteiger partial charge in [-0.3, -0.25) is 0 Å². The number of benzene rings is 1. The van der Waals surface area contributed by atoms with E-state index in [1.54, 1.807) is 17.5 Å². The predicted octanol–water partition coefficient (Wildman–Crippen LogP) is 3.31. The zero-order chi connectivity index (χ0) is 9.42. The van der Waals surface area contributed by atoms with Gasteiger partial charge >= 0.3 is 0 Å². The summed E-state index contributed by atoms with van der Waals surface area (Å²) in [6.45, 7) is 1.91. The van der Waals surface area contributed by atoms with Gasteiger partial charge < -0.3 is 5.11 Å². The third kappa shape index (κ3) is 1.20. The summed E-state index contributed by atoms with van der Waals surface area (Å²) in [5.41, 5.74) is 0.703. The standard InChI is InChI=1S/C10H9FOS/c1-2-6-3-4-7-8(12)5-13-10(7)9(6)11/h3-5,12H,2H2,1H3. The largest absolute Gasteiger partial charge is 0.506 e. The molecule has 0 atom stereocenters. The van der Waals surface area contributed by atoms with Gasteiger partial charge in [-0.25, -0.2) is 4.39 Å². The summed E-state index contributed by atoms with van der Waals surface area (Å²) in [4.78, 5) is 0. The fourth-order valence-corrected chi connectivity index (χ4v) is 2.26. The van der Waals surface area contributed by atoms with Gasteiger partial charge in [-0.05, 0) is 18.1 Å². The third-order valence-electron chi connectivity index (χ3n) is 2.12. The molecule has 0 spiro atoms. The Balaban J connectivity index is 2.80. The van der Waals surface area contributed by atoms with Gasteiger partial charge in [0.25, 0.3) is 0 Å². The summed E-state index contributed by atoms with van der Waals surface area (Å²) in [5, 5.41) is 11.5. The number of hydrogen-bond donors (Lipinski definition) is 1. The molecule has 2 rings (SSSR count). The molecule has 1 aromatic carbocycles. The van der Waals surface area contributed by atoms with Crippen LogP contribution in [0.3, 0.4) is 0 Å². The molecule has 0 amide bonds. The molecule has 0 aliphatic rings. The maximum absolute atomic E-state index is 13.6. The highest BCUT2D eigenvalue weighted by Crippen LogP contribution is 2.34. The molecule has 3 heteroatoms. The van der Waals surface area contributed by atoms with Crippen molar-refractivity contribution in [3.05, 3.63) is 28.9 Å². The van der Waals surface area contributed by atoms with Gasteiger partial charge in [-0.2, -0.15) is 0 Å². The lowest BCUT2D eigenvalue weighted by Gasteiger charge is -1.99. The van der Waals surface area contributed by atoms with Gasteiger partial charge in [0, 0.05) is 10.8 Å². The Kier molecular flexibility index (Phi) is 1.96. The lowest BCUT2D eigenvalue weighted by Crippen LogP contribution is -1.86. The minimum absolute atomic E-state index is 0.168. The Morgan fingerprint density at radius 3 is 2.92 bits per heavy atom. The zero-order valence-corrected chi connectivity index (χ0v) is 7.99. The van der Waals surface area contributed by atoms with Crippen molar-refractivity contribution in [3.63, 3.8) is 0 Å². The van der Waals surface area contributed by atoms with Crippen LogP contribution in [0.15, 0.2) is 17.5 Å². The van der Waals surface area contributed by atoms with Crippen LogP contribution >= 0.6 is 11.3 Å². The van der Waals surface area contributed by atoms with Crippen LogP contribution in [0.25, 0.3) is 10.1 Å². The minimum Gasteiger partial charge on any atom is -0.506 e. The summed E-state index contributed by atoms with van der Waals surface area (Å²) in [5.74, 6) is -0.0214. The Morgan fingerprint density at radius 1 is 1.46 bits per heavy atom. The van der Waals surface area contributed by atoms with Crippen LogP contribution in [0.4, 0.5) is 4.39 Å². The smallest absolute Gasteiger partial charge is 0.144 e. The molecule has 0 aliphatic carbocycles. The van der Waals surface area contributed by atoms with Gasteiger partial charge in [-0.15, -0.1) is 11.3 Å². The Hall–Kier alpha value is -1.09. The van der Waals surface area contributed by atoms with Crippen LogP contribution in [0.2, 0.25) is 0 Å². The van der Waals surface area contributed by atoms with Crippen LogP contribution in [0.5, 0.6) is 5.75 Å². The van der Waals surface area contributed by atoms with Crippen molar-refractivity contribution in [1.82, 2.24) is 0 Å². The second kappa shape index (κ2) is 3.00. The quantitative estimate of drug-likeness (QED) is 0.741. The topological polar surface area (TPSA) is 20.2 Å². The Morgan fingerprint density at radius 2 is 2.23 bits per heavy atom. The van der Waals surface area contributed by atoms with Crippen molar-refractivity contribution in [1.29, 1.82) is 0 Å². The van der Waals surface area contributed by atoms with Gasteiger partial charge in [0.1, 0.15) is 11.6 Å². The third-order valence-corrected chi connectivity index (χ3v) is 3.10. The summed E-state index contributed by atoms with van der Waals surface area (Å²) < 4.78 is 14.1. The Labute approximate surface area is 79.4 Å². The van der Waals surface area contributed by atoms with Crippen molar-refractivity contribution in [2.75, 3.05) is 0 Å². The first-order valence-corrected chi connectivity index (χ1v) is 4.99. The summed E-state index contributed by atoms with van der Waals surface area (Å²) in [6, 6.07) is 3.49. The van der Waals surface area contributed by atoms with E-state index in [0.717, 1.165) is 0 Å². The maximum Gasteiger partial charge on any atom is 0.144 e. The van der Waals surface area contributed by atoms with E-state index in [1.165, 1.54) is 11.3 Å². The molecule has 1 N–H and O–H groups in total. The molecular formula is C10H9FOS. The normalized spacial score (nSPS) is 10.9. The number of aryl methyl sites for hydroxylation is 1. The van der Waals surface area contributed by atoms with Crippen LogP contribution < -0.4 is 0 Å².